The summed E-state index contributed by atoms with van der Waals surface area (Å²) in [6, 6.07) is 8.95. The van der Waals surface area contributed by atoms with Gasteiger partial charge in [0.05, 0.1) is 0 Å². The molecule has 4 nitrogen and oxygen atoms in total. The Bertz CT molecular complexity index is 446. The van der Waals surface area contributed by atoms with Crippen LogP contribution in [-0.2, 0) is 4.79 Å². The molecule has 1 aliphatic carbocycles. The van der Waals surface area contributed by atoms with Gasteiger partial charge in [-0.25, -0.2) is 0 Å². The third kappa shape index (κ3) is 1.94. The highest BCUT2D eigenvalue weighted by atomic mass is 16.1. The average molecular weight is 231 g/mol. The van der Waals surface area contributed by atoms with E-state index in [1.807, 2.05) is 12.1 Å². The van der Waals surface area contributed by atoms with E-state index in [9.17, 15) is 4.79 Å². The van der Waals surface area contributed by atoms with Gasteiger partial charge in [-0.2, -0.15) is 0 Å². The maximum absolute atomic E-state index is 11.2. The lowest BCUT2D eigenvalue weighted by molar-refractivity contribution is -0.119. The number of nitrogens with one attached hydrogen (secondary N) is 2. The Morgan fingerprint density at radius 3 is 2.76 bits per heavy atom. The van der Waals surface area contributed by atoms with Crippen molar-refractivity contribution >= 4 is 5.91 Å². The molecule has 1 amide bonds. The normalized spacial score (nSPS) is 31.4. The van der Waals surface area contributed by atoms with Crippen LogP contribution in [0.2, 0.25) is 0 Å². The Kier molecular flexibility index (Phi) is 2.61. The van der Waals surface area contributed by atoms with Gasteiger partial charge < -0.3 is 16.4 Å². The van der Waals surface area contributed by atoms with Crippen molar-refractivity contribution in [1.29, 1.82) is 0 Å². The van der Waals surface area contributed by atoms with E-state index in [1.54, 1.807) is 0 Å². The molecular weight excluding hydrogens is 214 g/mol. The van der Waals surface area contributed by atoms with Crippen molar-refractivity contribution in [3.05, 3.63) is 35.4 Å². The van der Waals surface area contributed by atoms with Gasteiger partial charge in [0.2, 0.25) is 5.91 Å². The predicted molar refractivity (Wildman–Crippen MR) is 65.3 cm³/mol. The molecule has 3 rings (SSSR count). The highest BCUT2D eigenvalue weighted by Gasteiger charge is 2.31. The molecule has 3 atom stereocenters. The molecule has 4 heteroatoms. The topological polar surface area (TPSA) is 67.2 Å². The Morgan fingerprint density at radius 2 is 2.06 bits per heavy atom. The fourth-order valence-electron chi connectivity index (χ4n) is 2.84. The molecule has 4 N–H and O–H groups in total. The molecule has 0 radical (unpaired) electrons. The summed E-state index contributed by atoms with van der Waals surface area (Å²) in [5, 5.41) is 6.38. The van der Waals surface area contributed by atoms with Gasteiger partial charge >= 0.3 is 0 Å². The Morgan fingerprint density at radius 1 is 1.29 bits per heavy atom. The van der Waals surface area contributed by atoms with Gasteiger partial charge in [0, 0.05) is 31.1 Å². The third-order valence-corrected chi connectivity index (χ3v) is 3.67. The van der Waals surface area contributed by atoms with E-state index in [0.717, 1.165) is 13.0 Å². The summed E-state index contributed by atoms with van der Waals surface area (Å²) < 4.78 is 0. The SMILES string of the molecule is NC1CC(NC2CNC(=O)C2)c2ccccc21. The first kappa shape index (κ1) is 10.7. The number of benzene rings is 1. The van der Waals surface area contributed by atoms with Gasteiger partial charge in [-0.05, 0) is 17.5 Å². The van der Waals surface area contributed by atoms with Crippen LogP contribution in [0.1, 0.15) is 36.1 Å². The minimum Gasteiger partial charge on any atom is -0.354 e. The van der Waals surface area contributed by atoms with Crippen LogP contribution in [0.25, 0.3) is 0 Å². The van der Waals surface area contributed by atoms with Crippen LogP contribution >= 0.6 is 0 Å². The molecule has 1 fully saturated rings. The zero-order chi connectivity index (χ0) is 11.8. The number of hydrogen-bond acceptors (Lipinski definition) is 3. The highest BCUT2D eigenvalue weighted by Crippen LogP contribution is 2.37. The van der Waals surface area contributed by atoms with E-state index in [0.29, 0.717) is 12.5 Å². The summed E-state index contributed by atoms with van der Waals surface area (Å²) in [6.07, 6.45) is 1.50. The van der Waals surface area contributed by atoms with E-state index in [-0.39, 0.29) is 18.0 Å². The van der Waals surface area contributed by atoms with Crippen LogP contribution < -0.4 is 16.4 Å². The van der Waals surface area contributed by atoms with Crippen LogP contribution in [0, 0.1) is 0 Å². The average Bonchev–Trinajstić information content (AvgIpc) is 2.86. The summed E-state index contributed by atoms with van der Waals surface area (Å²) in [5.74, 6) is 0.137. The van der Waals surface area contributed by atoms with E-state index in [1.165, 1.54) is 11.1 Å². The first-order valence-electron chi connectivity index (χ1n) is 6.11. The maximum atomic E-state index is 11.2. The molecule has 2 aliphatic rings. The van der Waals surface area contributed by atoms with Gasteiger partial charge in [-0.15, -0.1) is 0 Å². The van der Waals surface area contributed by atoms with E-state index < -0.39 is 0 Å². The fourth-order valence-corrected chi connectivity index (χ4v) is 2.84. The molecule has 17 heavy (non-hydrogen) atoms. The Labute approximate surface area is 101 Å². The molecule has 0 aromatic heterocycles. The van der Waals surface area contributed by atoms with Gasteiger partial charge in [-0.1, -0.05) is 24.3 Å². The van der Waals surface area contributed by atoms with Crippen LogP contribution in [-0.4, -0.2) is 18.5 Å². The molecule has 0 saturated carbocycles. The highest BCUT2D eigenvalue weighted by molar-refractivity contribution is 5.78. The van der Waals surface area contributed by atoms with Crippen LogP contribution in [0.4, 0.5) is 0 Å². The second-order valence-corrected chi connectivity index (χ2v) is 4.90. The van der Waals surface area contributed by atoms with Crippen LogP contribution in [0.15, 0.2) is 24.3 Å². The quantitative estimate of drug-likeness (QED) is 0.698. The monoisotopic (exact) mass is 231 g/mol. The summed E-state index contributed by atoms with van der Waals surface area (Å²) in [7, 11) is 0. The van der Waals surface area contributed by atoms with Gasteiger partial charge in [0.15, 0.2) is 0 Å². The van der Waals surface area contributed by atoms with Crippen molar-refractivity contribution in [3.8, 4) is 0 Å². The predicted octanol–water partition coefficient (Wildman–Crippen LogP) is 0.609. The molecule has 3 unspecified atom stereocenters. The van der Waals surface area contributed by atoms with E-state index >= 15 is 0 Å². The number of carbonyl (C=O) groups is 1. The molecule has 1 aromatic carbocycles. The molecule has 0 bridgehead atoms. The summed E-state index contributed by atoms with van der Waals surface area (Å²) >= 11 is 0. The van der Waals surface area contributed by atoms with Crippen LogP contribution in [0.3, 0.4) is 0 Å². The second-order valence-electron chi connectivity index (χ2n) is 4.90. The molecule has 1 heterocycles. The van der Waals surface area contributed by atoms with Gasteiger partial charge in [0.1, 0.15) is 0 Å². The number of amides is 1. The van der Waals surface area contributed by atoms with E-state index in [4.69, 9.17) is 5.73 Å². The minimum atomic E-state index is 0.119. The van der Waals surface area contributed by atoms with Crippen molar-refractivity contribution < 1.29 is 4.79 Å². The number of nitrogens with two attached hydrogens (primary N) is 1. The molecular formula is C13H17N3O. The summed E-state index contributed by atoms with van der Waals surface area (Å²) in [6.45, 7) is 0.729. The maximum Gasteiger partial charge on any atom is 0.221 e. The lowest BCUT2D eigenvalue weighted by Crippen LogP contribution is -2.33. The standard InChI is InChI=1S/C13H17N3O/c14-11-6-12(10-4-2-1-3-9(10)11)16-8-5-13(17)15-7-8/h1-4,8,11-12,16H,5-7,14H2,(H,15,17). The first-order valence-corrected chi connectivity index (χ1v) is 6.11. The lowest BCUT2D eigenvalue weighted by atomic mass is 10.1. The number of carbonyl (C=O) groups excluding carboxylic acids is 1. The summed E-state index contributed by atoms with van der Waals surface area (Å²) in [5.41, 5.74) is 8.65. The second kappa shape index (κ2) is 4.13. The molecule has 1 aliphatic heterocycles. The minimum absolute atomic E-state index is 0.119. The van der Waals surface area contributed by atoms with Crippen molar-refractivity contribution in [2.75, 3.05) is 6.54 Å². The number of hydrogen-bond donors (Lipinski definition) is 3. The first-order chi connectivity index (χ1) is 8.24. The van der Waals surface area contributed by atoms with Gasteiger partial charge in [0.25, 0.3) is 0 Å². The smallest absolute Gasteiger partial charge is 0.221 e. The molecule has 90 valence electrons. The summed E-state index contributed by atoms with van der Waals surface area (Å²) in [4.78, 5) is 11.2. The zero-order valence-electron chi connectivity index (χ0n) is 9.65. The molecule has 0 spiro atoms. The Balaban J connectivity index is 1.75. The van der Waals surface area contributed by atoms with E-state index in [2.05, 4.69) is 22.8 Å². The largest absolute Gasteiger partial charge is 0.354 e. The fraction of sp³-hybridized carbons (Fsp3) is 0.462. The zero-order valence-corrected chi connectivity index (χ0v) is 9.65. The number of rotatable bonds is 2. The van der Waals surface area contributed by atoms with Gasteiger partial charge in [-0.3, -0.25) is 4.79 Å². The van der Waals surface area contributed by atoms with Crippen molar-refractivity contribution in [3.63, 3.8) is 0 Å². The van der Waals surface area contributed by atoms with Crippen molar-refractivity contribution in [2.45, 2.75) is 31.0 Å². The Hall–Kier alpha value is -1.39. The van der Waals surface area contributed by atoms with Crippen LogP contribution in [0.5, 0.6) is 0 Å². The number of fused-ring (bicyclic) bond motifs is 1. The molecule has 1 aromatic rings. The third-order valence-electron chi connectivity index (χ3n) is 3.67. The molecule has 1 saturated heterocycles. The van der Waals surface area contributed by atoms with Crippen molar-refractivity contribution in [1.82, 2.24) is 10.6 Å². The lowest BCUT2D eigenvalue weighted by Gasteiger charge is -2.18. The van der Waals surface area contributed by atoms with Crippen molar-refractivity contribution in [2.24, 2.45) is 5.73 Å².